The molecule has 1 aliphatic heterocycles. The van der Waals surface area contributed by atoms with Crippen LogP contribution in [0.2, 0.25) is 5.02 Å². The van der Waals surface area contributed by atoms with Crippen molar-refractivity contribution in [2.75, 3.05) is 6.61 Å². The average molecular weight is 299 g/mol. The van der Waals surface area contributed by atoms with Crippen molar-refractivity contribution in [3.05, 3.63) is 34.9 Å². The van der Waals surface area contributed by atoms with Gasteiger partial charge in [0, 0.05) is 5.02 Å². The molecule has 0 radical (unpaired) electrons. The molecule has 3 atom stereocenters. The van der Waals surface area contributed by atoms with Crippen LogP contribution in [-0.4, -0.2) is 30.9 Å². The van der Waals surface area contributed by atoms with Crippen LogP contribution < -0.4 is 0 Å². The summed E-state index contributed by atoms with van der Waals surface area (Å²) in [6.45, 7) is 4.15. The molecule has 0 saturated carbocycles. The molecule has 0 aliphatic carbocycles. The largest absolute Gasteiger partial charge is 0.368 e. The average Bonchev–Trinajstić information content (AvgIpc) is 2.46. The van der Waals surface area contributed by atoms with Crippen LogP contribution in [0.4, 0.5) is 0 Å². The molecule has 1 aromatic carbocycles. The fourth-order valence-electron chi connectivity index (χ4n) is 2.10. The molecular formula is C15H19ClO4. The molecule has 1 saturated heterocycles. The second kappa shape index (κ2) is 7.18. The van der Waals surface area contributed by atoms with Crippen molar-refractivity contribution in [3.63, 3.8) is 0 Å². The van der Waals surface area contributed by atoms with E-state index < -0.39 is 12.2 Å². The highest BCUT2D eigenvalue weighted by Crippen LogP contribution is 2.22. The standard InChI is InChI=1S/C15H19ClO4/c1-3-14-19-9-13(15(20-14)10(2)17)18-8-11-6-4-5-7-12(11)16/h4-7,13-15H,3,8-9H2,1-2H3/t13-,14+,15-/m0/s1. The Labute approximate surface area is 124 Å². The van der Waals surface area contributed by atoms with Gasteiger partial charge < -0.3 is 14.2 Å². The fraction of sp³-hybridized carbons (Fsp3) is 0.533. The summed E-state index contributed by atoms with van der Waals surface area (Å²) in [7, 11) is 0. The van der Waals surface area contributed by atoms with Crippen molar-refractivity contribution in [1.82, 2.24) is 0 Å². The molecule has 0 spiro atoms. The Balaban J connectivity index is 1.97. The molecule has 4 nitrogen and oxygen atoms in total. The van der Waals surface area contributed by atoms with E-state index in [1.54, 1.807) is 0 Å². The van der Waals surface area contributed by atoms with E-state index in [0.29, 0.717) is 24.7 Å². The van der Waals surface area contributed by atoms with Gasteiger partial charge in [0.2, 0.25) is 0 Å². The van der Waals surface area contributed by atoms with E-state index in [1.807, 2.05) is 31.2 Å². The predicted octanol–water partition coefficient (Wildman–Crippen LogP) is 2.97. The number of halogens is 1. The van der Waals surface area contributed by atoms with Gasteiger partial charge in [0.15, 0.2) is 12.1 Å². The van der Waals surface area contributed by atoms with Crippen LogP contribution in [0.15, 0.2) is 24.3 Å². The lowest BCUT2D eigenvalue weighted by molar-refractivity contribution is -0.256. The molecule has 0 amide bonds. The van der Waals surface area contributed by atoms with Crippen LogP contribution in [-0.2, 0) is 25.6 Å². The molecule has 1 heterocycles. The maximum absolute atomic E-state index is 11.7. The van der Waals surface area contributed by atoms with Gasteiger partial charge >= 0.3 is 0 Å². The Morgan fingerprint density at radius 3 is 2.85 bits per heavy atom. The second-order valence-electron chi connectivity index (χ2n) is 4.78. The topological polar surface area (TPSA) is 44.8 Å². The zero-order valence-electron chi connectivity index (χ0n) is 11.7. The SMILES string of the molecule is CC[C@@H]1OC[C@H](OCc2ccccc2Cl)[C@H](C(C)=O)O1. The molecule has 0 N–H and O–H groups in total. The summed E-state index contributed by atoms with van der Waals surface area (Å²) in [5, 5.41) is 0.649. The van der Waals surface area contributed by atoms with Gasteiger partial charge in [-0.2, -0.15) is 0 Å². The highest BCUT2D eigenvalue weighted by atomic mass is 35.5. The van der Waals surface area contributed by atoms with Crippen molar-refractivity contribution in [2.45, 2.75) is 45.4 Å². The number of carbonyl (C=O) groups is 1. The zero-order chi connectivity index (χ0) is 14.5. The van der Waals surface area contributed by atoms with E-state index in [0.717, 1.165) is 5.56 Å². The van der Waals surface area contributed by atoms with Gasteiger partial charge in [-0.3, -0.25) is 4.79 Å². The minimum Gasteiger partial charge on any atom is -0.368 e. The van der Waals surface area contributed by atoms with Crippen LogP contribution >= 0.6 is 11.6 Å². The number of benzene rings is 1. The van der Waals surface area contributed by atoms with Gasteiger partial charge in [-0.1, -0.05) is 36.7 Å². The molecule has 1 fully saturated rings. The molecule has 1 aliphatic rings. The smallest absolute Gasteiger partial charge is 0.161 e. The molecule has 0 aromatic heterocycles. The third-order valence-electron chi connectivity index (χ3n) is 3.23. The summed E-state index contributed by atoms with van der Waals surface area (Å²) < 4.78 is 16.9. The minimum absolute atomic E-state index is 0.0455. The summed E-state index contributed by atoms with van der Waals surface area (Å²) in [6.07, 6.45) is -0.590. The maximum Gasteiger partial charge on any atom is 0.161 e. The van der Waals surface area contributed by atoms with Gasteiger partial charge in [-0.15, -0.1) is 0 Å². The monoisotopic (exact) mass is 298 g/mol. The van der Waals surface area contributed by atoms with E-state index in [-0.39, 0.29) is 12.1 Å². The van der Waals surface area contributed by atoms with Gasteiger partial charge in [-0.05, 0) is 25.0 Å². The summed E-state index contributed by atoms with van der Waals surface area (Å²) in [4.78, 5) is 11.7. The Bertz CT molecular complexity index is 463. The number of carbonyl (C=O) groups excluding carboxylic acids is 1. The van der Waals surface area contributed by atoms with Crippen LogP contribution in [0, 0.1) is 0 Å². The number of hydrogen-bond acceptors (Lipinski definition) is 4. The predicted molar refractivity (Wildman–Crippen MR) is 75.6 cm³/mol. The lowest BCUT2D eigenvalue weighted by atomic mass is 10.1. The van der Waals surface area contributed by atoms with E-state index in [4.69, 9.17) is 25.8 Å². The lowest BCUT2D eigenvalue weighted by Crippen LogP contribution is -2.48. The first-order valence-corrected chi connectivity index (χ1v) is 7.12. The number of rotatable bonds is 5. The summed E-state index contributed by atoms with van der Waals surface area (Å²) in [5.74, 6) is -0.0455. The van der Waals surface area contributed by atoms with Crippen LogP contribution in [0.5, 0.6) is 0 Å². The molecule has 5 heteroatoms. The Morgan fingerprint density at radius 2 is 2.20 bits per heavy atom. The van der Waals surface area contributed by atoms with Crippen molar-refractivity contribution in [2.24, 2.45) is 0 Å². The Morgan fingerprint density at radius 1 is 1.45 bits per heavy atom. The molecule has 20 heavy (non-hydrogen) atoms. The molecule has 0 unspecified atom stereocenters. The molecule has 110 valence electrons. The number of Topliss-reactive ketones (excluding diaryl/α,β-unsaturated/α-hetero) is 1. The van der Waals surface area contributed by atoms with E-state index in [1.165, 1.54) is 6.92 Å². The van der Waals surface area contributed by atoms with Gasteiger partial charge in [0.25, 0.3) is 0 Å². The zero-order valence-corrected chi connectivity index (χ0v) is 12.4. The van der Waals surface area contributed by atoms with Crippen LogP contribution in [0.25, 0.3) is 0 Å². The normalized spacial score (nSPS) is 26.4. The van der Waals surface area contributed by atoms with Crippen LogP contribution in [0.1, 0.15) is 25.8 Å². The summed E-state index contributed by atoms with van der Waals surface area (Å²) >= 11 is 6.08. The lowest BCUT2D eigenvalue weighted by Gasteiger charge is -2.34. The van der Waals surface area contributed by atoms with Crippen molar-refractivity contribution < 1.29 is 19.0 Å². The number of ether oxygens (including phenoxy) is 3. The molecule has 2 rings (SSSR count). The highest BCUT2D eigenvalue weighted by Gasteiger charge is 2.35. The van der Waals surface area contributed by atoms with Crippen molar-refractivity contribution in [1.29, 1.82) is 0 Å². The first-order chi connectivity index (χ1) is 9.61. The van der Waals surface area contributed by atoms with Crippen molar-refractivity contribution in [3.8, 4) is 0 Å². The fourth-order valence-corrected chi connectivity index (χ4v) is 2.29. The number of ketones is 1. The van der Waals surface area contributed by atoms with Gasteiger partial charge in [0.1, 0.15) is 12.2 Å². The first kappa shape index (κ1) is 15.4. The van der Waals surface area contributed by atoms with Gasteiger partial charge in [0.05, 0.1) is 13.2 Å². The van der Waals surface area contributed by atoms with Crippen molar-refractivity contribution >= 4 is 17.4 Å². The minimum atomic E-state index is -0.573. The van der Waals surface area contributed by atoms with E-state index in [9.17, 15) is 4.79 Å². The first-order valence-electron chi connectivity index (χ1n) is 6.74. The third-order valence-corrected chi connectivity index (χ3v) is 3.60. The van der Waals surface area contributed by atoms with Gasteiger partial charge in [-0.25, -0.2) is 0 Å². The van der Waals surface area contributed by atoms with E-state index in [2.05, 4.69) is 0 Å². The summed E-state index contributed by atoms with van der Waals surface area (Å²) in [5.41, 5.74) is 0.883. The van der Waals surface area contributed by atoms with Crippen LogP contribution in [0.3, 0.4) is 0 Å². The Hall–Kier alpha value is -0.940. The summed E-state index contributed by atoms with van der Waals surface area (Å²) in [6, 6.07) is 7.46. The second-order valence-corrected chi connectivity index (χ2v) is 5.19. The number of hydrogen-bond donors (Lipinski definition) is 0. The van der Waals surface area contributed by atoms with E-state index >= 15 is 0 Å². The molecule has 0 bridgehead atoms. The quantitative estimate of drug-likeness (QED) is 0.838. The Kier molecular flexibility index (Phi) is 5.54. The third kappa shape index (κ3) is 3.79. The highest BCUT2D eigenvalue weighted by molar-refractivity contribution is 6.31. The maximum atomic E-state index is 11.7. The molecule has 1 aromatic rings. The molecular weight excluding hydrogens is 280 g/mol.